The number of unbranched alkanes of at least 4 members (excludes halogenated alkanes) is 4. The summed E-state index contributed by atoms with van der Waals surface area (Å²) in [6, 6.07) is 0. The average molecular weight is 709 g/mol. The Bertz CT molecular complexity index is 787. The molecule has 298 valence electrons. The Morgan fingerprint density at radius 1 is 0.580 bits per heavy atom. The second kappa shape index (κ2) is 31.4. The Labute approximate surface area is 313 Å². The lowest BCUT2D eigenvalue weighted by molar-refractivity contribution is -0.917. The molecule has 50 heavy (non-hydrogen) atoms. The molecule has 3 saturated heterocycles. The fraction of sp³-hybridized carbons (Fsp3) is 0.955. The molecule has 0 aromatic carbocycles. The number of rotatable bonds is 18. The van der Waals surface area contributed by atoms with E-state index in [0.29, 0.717) is 5.91 Å². The summed E-state index contributed by atoms with van der Waals surface area (Å²) >= 11 is 0. The van der Waals surface area contributed by atoms with Crippen LogP contribution in [0.4, 0.5) is 0 Å². The van der Waals surface area contributed by atoms with E-state index in [1.165, 1.54) is 153 Å². The predicted octanol–water partition coefficient (Wildman–Crippen LogP) is 11.5. The number of quaternary nitrogens is 1. The molecule has 0 spiro atoms. The van der Waals surface area contributed by atoms with Crippen LogP contribution in [-0.4, -0.2) is 90.7 Å². The predicted molar refractivity (Wildman–Crippen MR) is 218 cm³/mol. The molecule has 0 aromatic rings. The van der Waals surface area contributed by atoms with Crippen LogP contribution >= 0.6 is 0 Å². The highest BCUT2D eigenvalue weighted by molar-refractivity contribution is 5.78. The summed E-state index contributed by atoms with van der Waals surface area (Å²) in [5.74, 6) is 1.63. The molecule has 3 fully saturated rings. The van der Waals surface area contributed by atoms with E-state index < -0.39 is 5.97 Å². The van der Waals surface area contributed by atoms with Gasteiger partial charge in [0.15, 0.2) is 0 Å². The van der Waals surface area contributed by atoms with E-state index in [-0.39, 0.29) is 11.8 Å². The Balaban J connectivity index is 0.000000649. The van der Waals surface area contributed by atoms with E-state index in [0.717, 1.165) is 50.6 Å². The van der Waals surface area contributed by atoms with Gasteiger partial charge in [0.25, 0.3) is 0 Å². The summed E-state index contributed by atoms with van der Waals surface area (Å²) in [5, 5.41) is 8.41. The zero-order valence-corrected chi connectivity index (χ0v) is 35.4. The van der Waals surface area contributed by atoms with Gasteiger partial charge in [-0.25, -0.2) is 0 Å². The van der Waals surface area contributed by atoms with E-state index >= 15 is 0 Å². The van der Waals surface area contributed by atoms with E-state index in [2.05, 4.69) is 65.3 Å². The smallest absolute Gasteiger partial charge is 0.306 e. The lowest BCUT2D eigenvalue weighted by Crippen LogP contribution is -2.50. The van der Waals surface area contributed by atoms with E-state index in [1.54, 1.807) is 6.92 Å². The molecule has 0 radical (unpaired) electrons. The van der Waals surface area contributed by atoms with Crippen molar-refractivity contribution in [2.75, 3.05) is 59.4 Å². The number of carboxylic acid groups (broad SMARTS) is 1. The first-order valence-electron chi connectivity index (χ1n) is 22.0. The van der Waals surface area contributed by atoms with Crippen molar-refractivity contribution < 1.29 is 19.2 Å². The highest BCUT2D eigenvalue weighted by Crippen LogP contribution is 2.21. The van der Waals surface area contributed by atoms with Crippen LogP contribution in [0, 0.1) is 23.7 Å². The number of amides is 1. The number of carboxylic acids is 1. The van der Waals surface area contributed by atoms with Crippen molar-refractivity contribution in [2.45, 2.75) is 190 Å². The minimum Gasteiger partial charge on any atom is -0.481 e. The van der Waals surface area contributed by atoms with Crippen molar-refractivity contribution >= 4 is 11.9 Å². The van der Waals surface area contributed by atoms with Gasteiger partial charge in [-0.2, -0.15) is 0 Å². The quantitative estimate of drug-likeness (QED) is 0.144. The van der Waals surface area contributed by atoms with Crippen molar-refractivity contribution in [1.29, 1.82) is 0 Å². The molecule has 0 aromatic heterocycles. The Kier molecular flexibility index (Phi) is 30.7. The molecule has 0 saturated carbocycles. The molecule has 3 heterocycles. The van der Waals surface area contributed by atoms with Crippen molar-refractivity contribution in [1.82, 2.24) is 9.80 Å². The zero-order chi connectivity index (χ0) is 37.6. The van der Waals surface area contributed by atoms with Gasteiger partial charge in [-0.3, -0.25) is 9.59 Å². The van der Waals surface area contributed by atoms with Crippen LogP contribution in [0.25, 0.3) is 0 Å². The molecule has 4 unspecified atom stereocenters. The first kappa shape index (κ1) is 48.9. The maximum Gasteiger partial charge on any atom is 0.306 e. The molecule has 3 aliphatic rings. The third kappa shape index (κ3) is 25.8. The molecule has 6 nitrogen and oxygen atoms in total. The number of aliphatic carboxylic acids is 1. The van der Waals surface area contributed by atoms with Crippen molar-refractivity contribution in [2.24, 2.45) is 23.7 Å². The summed E-state index contributed by atoms with van der Waals surface area (Å²) in [4.78, 5) is 26.9. The summed E-state index contributed by atoms with van der Waals surface area (Å²) in [6.07, 6.45) is 27.1. The molecule has 1 N–H and O–H groups in total. The van der Waals surface area contributed by atoms with Crippen LogP contribution in [0.15, 0.2) is 0 Å². The molecule has 0 aliphatic carbocycles. The van der Waals surface area contributed by atoms with Crippen LogP contribution in [0.3, 0.4) is 0 Å². The number of carbonyl (C=O) groups excluding carboxylic acids is 1. The Morgan fingerprint density at radius 3 is 1.48 bits per heavy atom. The molecule has 0 bridgehead atoms. The molecular weight excluding hydrogens is 619 g/mol. The fourth-order valence-corrected chi connectivity index (χ4v) is 7.77. The second-order valence-electron chi connectivity index (χ2n) is 17.0. The largest absolute Gasteiger partial charge is 0.481 e. The van der Waals surface area contributed by atoms with E-state index in [9.17, 15) is 9.59 Å². The Hall–Kier alpha value is -1.14. The van der Waals surface area contributed by atoms with Gasteiger partial charge in [0.1, 0.15) is 0 Å². The number of hydrogen-bond donors (Lipinski definition) is 1. The summed E-state index contributed by atoms with van der Waals surface area (Å²) in [5.41, 5.74) is 0. The maximum absolute atomic E-state index is 11.9. The third-order valence-electron chi connectivity index (χ3n) is 11.3. The SMILES string of the molecule is CCCCC(C)C(=O)N1CCCCC1.CCCCC(C)C(=O)O.CCCCC(C)CN1CCCCC1.CCCCC(C)C[N+]1(C)CCCCC1. The minimum absolute atomic E-state index is 0.162. The topological polar surface area (TPSA) is 60.9 Å². The zero-order valence-electron chi connectivity index (χ0n) is 35.4. The van der Waals surface area contributed by atoms with E-state index in [4.69, 9.17) is 5.11 Å². The van der Waals surface area contributed by atoms with Crippen LogP contribution in [0.2, 0.25) is 0 Å². The van der Waals surface area contributed by atoms with Crippen LogP contribution < -0.4 is 0 Å². The maximum atomic E-state index is 11.9. The molecule has 3 rings (SSSR count). The first-order chi connectivity index (χ1) is 23.9. The summed E-state index contributed by atoms with van der Waals surface area (Å²) in [6.45, 7) is 27.8. The third-order valence-corrected chi connectivity index (χ3v) is 11.3. The summed E-state index contributed by atoms with van der Waals surface area (Å²) < 4.78 is 1.35. The van der Waals surface area contributed by atoms with Gasteiger partial charge in [0, 0.05) is 31.5 Å². The van der Waals surface area contributed by atoms with E-state index in [1.807, 2.05) is 0 Å². The number of hydrogen-bond acceptors (Lipinski definition) is 3. The first-order valence-corrected chi connectivity index (χ1v) is 22.0. The highest BCUT2D eigenvalue weighted by atomic mass is 16.4. The molecule has 1 amide bonds. The van der Waals surface area contributed by atoms with Gasteiger partial charge in [-0.15, -0.1) is 0 Å². The van der Waals surface area contributed by atoms with Crippen molar-refractivity contribution in [3.8, 4) is 0 Å². The summed E-state index contributed by atoms with van der Waals surface area (Å²) in [7, 11) is 2.46. The van der Waals surface area contributed by atoms with Gasteiger partial charge < -0.3 is 19.4 Å². The van der Waals surface area contributed by atoms with Gasteiger partial charge >= 0.3 is 5.97 Å². The van der Waals surface area contributed by atoms with Crippen LogP contribution in [0.1, 0.15) is 190 Å². The van der Waals surface area contributed by atoms with Crippen LogP contribution in [-0.2, 0) is 9.59 Å². The van der Waals surface area contributed by atoms with Gasteiger partial charge in [0.05, 0.1) is 32.6 Å². The van der Waals surface area contributed by atoms with Crippen molar-refractivity contribution in [3.05, 3.63) is 0 Å². The lowest BCUT2D eigenvalue weighted by Gasteiger charge is -2.39. The van der Waals surface area contributed by atoms with Gasteiger partial charge in [-0.05, 0) is 96.1 Å². The number of nitrogens with zero attached hydrogens (tertiary/aromatic N) is 3. The normalized spacial score (nSPS) is 20.0. The standard InChI is InChI=1S/C13H28N.C12H23NO.C12H25N.C7H14O2/c1-4-5-9-13(2)12-14(3)10-7-6-8-11-14;1-3-4-8-11(2)12(14)13-9-6-5-7-10-13;1-3-4-8-12(2)11-13-9-6-5-7-10-13;1-3-4-5-6(2)7(8)9/h13H,4-12H2,1-3H3;11H,3-10H2,1-2H3;12H,3-11H2,1-2H3;6H,3-5H2,1-2H3,(H,8,9)/q+1;;;. The van der Waals surface area contributed by atoms with Gasteiger partial charge in [0.2, 0.25) is 5.91 Å². The van der Waals surface area contributed by atoms with Crippen molar-refractivity contribution in [3.63, 3.8) is 0 Å². The lowest BCUT2D eigenvalue weighted by atomic mass is 10.0. The number of piperidine rings is 3. The van der Waals surface area contributed by atoms with Gasteiger partial charge in [-0.1, -0.05) is 113 Å². The molecular formula is C44H90N3O3+. The van der Waals surface area contributed by atoms with Crippen LogP contribution in [0.5, 0.6) is 0 Å². The monoisotopic (exact) mass is 709 g/mol. The molecule has 4 atom stereocenters. The fourth-order valence-electron chi connectivity index (χ4n) is 7.77. The molecule has 3 aliphatic heterocycles. The minimum atomic E-state index is -0.677. The number of likely N-dealkylation sites (tertiary alicyclic amines) is 3. The number of carbonyl (C=O) groups is 2. The second-order valence-corrected chi connectivity index (χ2v) is 17.0. The molecule has 6 heteroatoms. The average Bonchev–Trinajstić information content (AvgIpc) is 3.12. The Morgan fingerprint density at radius 2 is 1.00 bits per heavy atom. The highest BCUT2D eigenvalue weighted by Gasteiger charge is 2.26.